The molecule has 3 rings (SSSR count). The number of benzene rings is 2. The smallest absolute Gasteiger partial charge is 0.427 e. The molecule has 1 heterocycles. The number of carboxylic acid groups (broad SMARTS) is 1. The van der Waals surface area contributed by atoms with Crippen molar-refractivity contribution in [3.8, 4) is 22.8 Å². The molecular formula is C23H21ClF3NO4S. The molecule has 1 aromatic heterocycles. The van der Waals surface area contributed by atoms with Crippen LogP contribution in [0, 0.1) is 13.8 Å². The summed E-state index contributed by atoms with van der Waals surface area (Å²) in [6.45, 7) is 3.27. The molecule has 0 spiro atoms. The fraction of sp³-hybridized carbons (Fsp3) is 0.304. The number of rotatable bonds is 8. The van der Waals surface area contributed by atoms with Crippen LogP contribution in [0.15, 0.2) is 30.3 Å². The number of carbonyl (C=O) groups is 1. The first-order valence-electron chi connectivity index (χ1n) is 9.86. The minimum absolute atomic E-state index is 0.0100. The van der Waals surface area contributed by atoms with E-state index in [1.807, 2.05) is 6.92 Å². The van der Waals surface area contributed by atoms with Gasteiger partial charge in [-0.1, -0.05) is 23.7 Å². The van der Waals surface area contributed by atoms with Gasteiger partial charge in [0.2, 0.25) is 0 Å². The molecule has 0 saturated heterocycles. The van der Waals surface area contributed by atoms with Crippen LogP contribution in [0.25, 0.3) is 11.3 Å². The summed E-state index contributed by atoms with van der Waals surface area (Å²) in [4.78, 5) is 10.0. The van der Waals surface area contributed by atoms with Crippen LogP contribution in [-0.4, -0.2) is 22.6 Å². The molecule has 0 amide bonds. The van der Waals surface area contributed by atoms with Gasteiger partial charge in [0.25, 0.3) is 0 Å². The topological polar surface area (TPSA) is 68.7 Å². The summed E-state index contributed by atoms with van der Waals surface area (Å²) in [7, 11) is 1.42. The number of carboxylic acids is 1. The summed E-state index contributed by atoms with van der Waals surface area (Å²) in [5, 5.41) is 9.24. The van der Waals surface area contributed by atoms with E-state index in [1.54, 1.807) is 25.1 Å². The lowest BCUT2D eigenvalue weighted by Crippen LogP contribution is -2.09. The number of nitrogens with zero attached hydrogens (tertiary/aromatic N) is 1. The second kappa shape index (κ2) is 10.0. The Bertz CT molecular complexity index is 1180. The monoisotopic (exact) mass is 499 g/mol. The van der Waals surface area contributed by atoms with E-state index < -0.39 is 17.0 Å². The second-order valence-electron chi connectivity index (χ2n) is 7.34. The maximum absolute atomic E-state index is 13.7. The van der Waals surface area contributed by atoms with Crippen LogP contribution in [0.4, 0.5) is 13.2 Å². The Kier molecular flexibility index (Phi) is 7.54. The minimum atomic E-state index is -4.59. The van der Waals surface area contributed by atoms with Crippen molar-refractivity contribution in [2.24, 2.45) is 0 Å². The third kappa shape index (κ3) is 5.59. The maximum atomic E-state index is 13.7. The van der Waals surface area contributed by atoms with Gasteiger partial charge in [-0.05, 0) is 66.7 Å². The number of ether oxygens (including phenoxy) is 2. The van der Waals surface area contributed by atoms with E-state index in [0.29, 0.717) is 40.0 Å². The van der Waals surface area contributed by atoms with Gasteiger partial charge >= 0.3 is 12.1 Å². The molecule has 0 bridgehead atoms. The molecule has 0 fully saturated rings. The highest BCUT2D eigenvalue weighted by Crippen LogP contribution is 2.41. The predicted molar refractivity (Wildman–Crippen MR) is 120 cm³/mol. The van der Waals surface area contributed by atoms with Gasteiger partial charge in [0, 0.05) is 17.5 Å². The van der Waals surface area contributed by atoms with Crippen molar-refractivity contribution in [1.29, 1.82) is 0 Å². The zero-order valence-electron chi connectivity index (χ0n) is 18.0. The van der Waals surface area contributed by atoms with Crippen LogP contribution < -0.4 is 9.47 Å². The molecule has 33 heavy (non-hydrogen) atoms. The number of methoxy groups -OCH3 is 1. The molecule has 5 nitrogen and oxygen atoms in total. The zero-order chi connectivity index (χ0) is 24.3. The third-order valence-corrected chi connectivity index (χ3v) is 6.55. The Morgan fingerprint density at radius 2 is 1.88 bits per heavy atom. The molecule has 1 N–H and O–H groups in total. The Hall–Kier alpha value is -2.78. The molecular weight excluding hydrogens is 479 g/mol. The van der Waals surface area contributed by atoms with E-state index in [1.165, 1.54) is 19.2 Å². The highest BCUT2D eigenvalue weighted by atomic mass is 35.5. The molecule has 0 aliphatic heterocycles. The van der Waals surface area contributed by atoms with Crippen molar-refractivity contribution in [2.45, 2.75) is 39.5 Å². The predicted octanol–water partition coefficient (Wildman–Crippen LogP) is 6.70. The summed E-state index contributed by atoms with van der Waals surface area (Å²) >= 11 is 6.41. The van der Waals surface area contributed by atoms with Gasteiger partial charge in [0.15, 0.2) is 0 Å². The van der Waals surface area contributed by atoms with E-state index in [2.05, 4.69) is 4.37 Å². The normalized spacial score (nSPS) is 11.5. The van der Waals surface area contributed by atoms with E-state index in [9.17, 15) is 18.0 Å². The molecule has 0 radical (unpaired) electrons. The highest BCUT2D eigenvalue weighted by molar-refractivity contribution is 7.06. The lowest BCUT2D eigenvalue weighted by Gasteiger charge is -2.16. The van der Waals surface area contributed by atoms with Gasteiger partial charge in [-0.3, -0.25) is 4.79 Å². The average molecular weight is 500 g/mol. The Morgan fingerprint density at radius 3 is 2.52 bits per heavy atom. The van der Waals surface area contributed by atoms with Crippen molar-refractivity contribution in [1.82, 2.24) is 4.37 Å². The lowest BCUT2D eigenvalue weighted by molar-refractivity contribution is -0.137. The van der Waals surface area contributed by atoms with Crippen LogP contribution in [0.2, 0.25) is 5.02 Å². The first kappa shape index (κ1) is 24.9. The van der Waals surface area contributed by atoms with Crippen LogP contribution in [0.3, 0.4) is 0 Å². The van der Waals surface area contributed by atoms with Crippen molar-refractivity contribution in [2.75, 3.05) is 7.11 Å². The van der Waals surface area contributed by atoms with E-state index in [0.717, 1.165) is 16.7 Å². The third-order valence-electron chi connectivity index (χ3n) is 5.30. The molecule has 0 atom stereocenters. The summed E-state index contributed by atoms with van der Waals surface area (Å²) in [6, 6.07) is 8.04. The molecule has 0 aliphatic carbocycles. The summed E-state index contributed by atoms with van der Waals surface area (Å²) in [6.07, 6.45) is -4.24. The second-order valence-corrected chi connectivity index (χ2v) is 8.52. The molecule has 2 aromatic carbocycles. The number of hydrogen-bond acceptors (Lipinski definition) is 5. The van der Waals surface area contributed by atoms with E-state index in [-0.39, 0.29) is 24.3 Å². The van der Waals surface area contributed by atoms with Crippen LogP contribution in [-0.2, 0) is 24.0 Å². The van der Waals surface area contributed by atoms with Gasteiger partial charge in [-0.25, -0.2) is 0 Å². The summed E-state index contributed by atoms with van der Waals surface area (Å²) < 4.78 is 56.1. The minimum Gasteiger partial charge on any atom is -0.495 e. The van der Waals surface area contributed by atoms with Gasteiger partial charge in [0.05, 0.1) is 17.8 Å². The quantitative estimate of drug-likeness (QED) is 0.373. The number of hydrogen-bond donors (Lipinski definition) is 1. The molecule has 3 aromatic rings. The van der Waals surface area contributed by atoms with Crippen LogP contribution in [0.5, 0.6) is 11.5 Å². The SMILES string of the molecule is COc1cc(-c2nsc(C(F)(F)F)c2COc2ccc(CCC(=O)O)c(C)c2C)ccc1Cl. The Morgan fingerprint density at radius 1 is 1.15 bits per heavy atom. The van der Waals surface area contributed by atoms with E-state index in [4.69, 9.17) is 26.2 Å². The lowest BCUT2D eigenvalue weighted by atomic mass is 9.99. The van der Waals surface area contributed by atoms with Crippen LogP contribution in [0.1, 0.15) is 33.6 Å². The standard InChI is InChI=1S/C23H21ClF3NO4S/c1-12-13(2)18(8-5-14(12)6-9-20(29)30)32-11-16-21(28-33-22(16)23(25,26)27)15-4-7-17(24)19(10-15)31-3/h4-5,7-8,10H,6,9,11H2,1-3H3,(H,29,30). The van der Waals surface area contributed by atoms with Gasteiger partial charge in [-0.2, -0.15) is 17.5 Å². The number of aromatic nitrogens is 1. The fourth-order valence-electron chi connectivity index (χ4n) is 3.37. The fourth-order valence-corrected chi connectivity index (χ4v) is 4.33. The van der Waals surface area contributed by atoms with Crippen LogP contribution >= 0.6 is 23.1 Å². The summed E-state index contributed by atoms with van der Waals surface area (Å²) in [5.74, 6) is -0.153. The van der Waals surface area contributed by atoms with E-state index >= 15 is 0 Å². The summed E-state index contributed by atoms with van der Waals surface area (Å²) in [5.41, 5.74) is 2.93. The van der Waals surface area contributed by atoms with Gasteiger partial charge in [0.1, 0.15) is 23.0 Å². The van der Waals surface area contributed by atoms with Gasteiger partial charge < -0.3 is 14.6 Å². The number of halogens is 4. The number of aliphatic carboxylic acids is 1. The Balaban J connectivity index is 1.94. The molecule has 0 saturated carbocycles. The maximum Gasteiger partial charge on any atom is 0.427 e. The molecule has 10 heteroatoms. The highest BCUT2D eigenvalue weighted by Gasteiger charge is 2.38. The molecule has 176 valence electrons. The largest absolute Gasteiger partial charge is 0.495 e. The number of alkyl halides is 3. The van der Waals surface area contributed by atoms with Crippen molar-refractivity contribution >= 4 is 29.1 Å². The molecule has 0 unspecified atom stereocenters. The zero-order valence-corrected chi connectivity index (χ0v) is 19.6. The van der Waals surface area contributed by atoms with Crippen molar-refractivity contribution in [3.05, 3.63) is 62.5 Å². The first-order valence-corrected chi connectivity index (χ1v) is 11.0. The van der Waals surface area contributed by atoms with Gasteiger partial charge in [-0.15, -0.1) is 0 Å². The average Bonchev–Trinajstić information content (AvgIpc) is 3.19. The number of aryl methyl sites for hydroxylation is 1. The molecule has 0 aliphatic rings. The first-order chi connectivity index (χ1) is 15.5. The van der Waals surface area contributed by atoms with Crippen molar-refractivity contribution < 1.29 is 32.5 Å². The van der Waals surface area contributed by atoms with Crippen molar-refractivity contribution in [3.63, 3.8) is 0 Å². The Labute approximate surface area is 197 Å².